The van der Waals surface area contributed by atoms with Crippen molar-refractivity contribution < 1.29 is 9.90 Å². The molecule has 0 fully saturated rings. The highest BCUT2D eigenvalue weighted by molar-refractivity contribution is 5.89. The van der Waals surface area contributed by atoms with Crippen molar-refractivity contribution in [1.82, 2.24) is 5.43 Å². The van der Waals surface area contributed by atoms with Crippen LogP contribution in [0.25, 0.3) is 10.8 Å². The minimum absolute atomic E-state index is 0.0685. The molecule has 0 saturated heterocycles. The number of hydrogen-bond acceptors (Lipinski definition) is 5. The molecule has 7 nitrogen and oxygen atoms in total. The Balaban J connectivity index is 1.91. The van der Waals surface area contributed by atoms with Gasteiger partial charge < -0.3 is 10.4 Å². The zero-order valence-corrected chi connectivity index (χ0v) is 11.7. The molecule has 0 spiro atoms. The molecule has 2 amide bonds. The number of amides is 2. The average Bonchev–Trinajstić information content (AvgIpc) is 2.77. The molecule has 0 bridgehead atoms. The zero-order valence-electron chi connectivity index (χ0n) is 11.7. The average molecular weight is 309 g/mol. The van der Waals surface area contributed by atoms with E-state index in [1.165, 1.54) is 18.2 Å². The molecule has 0 heterocycles. The van der Waals surface area contributed by atoms with Crippen LogP contribution in [0.1, 0.15) is 0 Å². The summed E-state index contributed by atoms with van der Waals surface area (Å²) in [6, 6.07) is 11.8. The maximum absolute atomic E-state index is 12.1. The molecule has 23 heavy (non-hydrogen) atoms. The van der Waals surface area contributed by atoms with E-state index in [-0.39, 0.29) is 16.5 Å². The molecule has 0 aromatic heterocycles. The van der Waals surface area contributed by atoms with Gasteiger partial charge in [0.05, 0.1) is 0 Å². The van der Waals surface area contributed by atoms with Gasteiger partial charge in [0, 0.05) is 16.5 Å². The number of anilines is 1. The molecule has 3 N–H and O–H groups in total. The number of aromatic hydroxyl groups is 1. The number of hydrogen-bond donors (Lipinski definition) is 3. The molecule has 0 atom stereocenters. The molecular weight excluding hydrogens is 298 g/mol. The van der Waals surface area contributed by atoms with Gasteiger partial charge in [-0.05, 0) is 30.3 Å². The fourth-order valence-electron chi connectivity index (χ4n) is 2.17. The van der Waals surface area contributed by atoms with E-state index in [9.17, 15) is 19.5 Å². The van der Waals surface area contributed by atoms with Crippen LogP contribution in [0, 0.1) is 0 Å². The number of nitrogens with zero attached hydrogens (tertiary/aromatic N) is 1. The Bertz CT molecular complexity index is 1030. The Morgan fingerprint density at radius 3 is 2.39 bits per heavy atom. The summed E-state index contributed by atoms with van der Waals surface area (Å²) < 4.78 is 0. The van der Waals surface area contributed by atoms with Gasteiger partial charge in [-0.15, -0.1) is 0 Å². The van der Waals surface area contributed by atoms with Gasteiger partial charge in [-0.3, -0.25) is 9.59 Å². The summed E-state index contributed by atoms with van der Waals surface area (Å²) in [5, 5.41) is 15.3. The molecule has 7 heteroatoms. The van der Waals surface area contributed by atoms with Crippen LogP contribution in [0.3, 0.4) is 0 Å². The molecule has 0 aliphatic heterocycles. The molecule has 0 unspecified atom stereocenters. The highest BCUT2D eigenvalue weighted by Gasteiger charge is 2.11. The highest BCUT2D eigenvalue weighted by Crippen LogP contribution is 2.13. The SMILES string of the molecule is O=C(N/N=c1\c(=O)c2ccc(O)cc2c1=O)Nc1ccccc1. The summed E-state index contributed by atoms with van der Waals surface area (Å²) in [5.74, 6) is -0.124. The van der Waals surface area contributed by atoms with E-state index in [2.05, 4.69) is 15.8 Å². The van der Waals surface area contributed by atoms with Gasteiger partial charge in [0.15, 0.2) is 5.36 Å². The Hall–Kier alpha value is -3.48. The highest BCUT2D eigenvalue weighted by atomic mass is 16.3. The number of phenols is 1. The van der Waals surface area contributed by atoms with E-state index in [0.717, 1.165) is 0 Å². The van der Waals surface area contributed by atoms with Crippen LogP contribution in [-0.4, -0.2) is 11.1 Å². The number of urea groups is 1. The van der Waals surface area contributed by atoms with Crippen molar-refractivity contribution in [2.24, 2.45) is 5.10 Å². The fourth-order valence-corrected chi connectivity index (χ4v) is 2.17. The number of carbonyl (C=O) groups excluding carboxylic acids is 1. The second kappa shape index (κ2) is 5.72. The van der Waals surface area contributed by atoms with Crippen molar-refractivity contribution in [3.05, 3.63) is 74.3 Å². The minimum Gasteiger partial charge on any atom is -0.508 e. The smallest absolute Gasteiger partial charge is 0.339 e. The number of fused-ring (bicyclic) bond motifs is 1. The first-order valence-electron chi connectivity index (χ1n) is 6.68. The number of phenolic OH excluding ortho intramolecular Hbond substituents is 1. The van der Waals surface area contributed by atoms with Crippen molar-refractivity contribution in [2.75, 3.05) is 5.32 Å². The summed E-state index contributed by atoms with van der Waals surface area (Å²) in [4.78, 5) is 35.9. The van der Waals surface area contributed by atoms with E-state index in [1.54, 1.807) is 30.3 Å². The third kappa shape index (κ3) is 2.80. The number of rotatable bonds is 2. The lowest BCUT2D eigenvalue weighted by Crippen LogP contribution is -2.36. The van der Waals surface area contributed by atoms with Crippen molar-refractivity contribution in [3.63, 3.8) is 0 Å². The van der Waals surface area contributed by atoms with E-state index in [0.29, 0.717) is 5.69 Å². The van der Waals surface area contributed by atoms with Gasteiger partial charge in [0.25, 0.3) is 0 Å². The first kappa shape index (κ1) is 14.5. The van der Waals surface area contributed by atoms with Gasteiger partial charge in [0.2, 0.25) is 10.9 Å². The Morgan fingerprint density at radius 1 is 0.957 bits per heavy atom. The van der Waals surface area contributed by atoms with Crippen LogP contribution in [-0.2, 0) is 0 Å². The first-order chi connectivity index (χ1) is 11.1. The molecular formula is C16H11N3O4. The number of para-hydroxylation sites is 1. The molecule has 114 valence electrons. The summed E-state index contributed by atoms with van der Waals surface area (Å²) in [7, 11) is 0. The standard InChI is InChI=1S/C16H11N3O4/c20-10-6-7-11-12(8-10)15(22)13(14(11)21)18-19-16(23)17-9-4-2-1-3-5-9/h1-8,20H,(H2,17,19,23)/b18-13+. The van der Waals surface area contributed by atoms with E-state index in [1.807, 2.05) is 0 Å². The Kier molecular flexibility index (Phi) is 3.60. The van der Waals surface area contributed by atoms with Crippen LogP contribution >= 0.6 is 0 Å². The predicted molar refractivity (Wildman–Crippen MR) is 84.7 cm³/mol. The topological polar surface area (TPSA) is 108 Å². The maximum Gasteiger partial charge on any atom is 0.339 e. The molecule has 3 rings (SSSR count). The predicted octanol–water partition coefficient (Wildman–Crippen LogP) is 0.779. The zero-order chi connectivity index (χ0) is 16.4. The molecule has 0 aliphatic carbocycles. The molecule has 0 saturated carbocycles. The van der Waals surface area contributed by atoms with Gasteiger partial charge in [-0.1, -0.05) is 18.2 Å². The van der Waals surface area contributed by atoms with Crippen molar-refractivity contribution in [3.8, 4) is 5.75 Å². The number of benzene rings is 2. The third-order valence-electron chi connectivity index (χ3n) is 3.22. The van der Waals surface area contributed by atoms with E-state index >= 15 is 0 Å². The van der Waals surface area contributed by atoms with Crippen molar-refractivity contribution in [1.29, 1.82) is 0 Å². The quantitative estimate of drug-likeness (QED) is 0.608. The minimum atomic E-state index is -0.678. The largest absolute Gasteiger partial charge is 0.508 e. The van der Waals surface area contributed by atoms with Gasteiger partial charge in [-0.2, -0.15) is 5.10 Å². The Morgan fingerprint density at radius 2 is 1.65 bits per heavy atom. The second-order valence-corrected chi connectivity index (χ2v) is 4.78. The third-order valence-corrected chi connectivity index (χ3v) is 3.22. The van der Waals surface area contributed by atoms with E-state index in [4.69, 9.17) is 0 Å². The van der Waals surface area contributed by atoms with Crippen LogP contribution in [0.4, 0.5) is 10.5 Å². The lowest BCUT2D eigenvalue weighted by molar-refractivity contribution is 0.252. The summed E-state index contributed by atoms with van der Waals surface area (Å²) >= 11 is 0. The fraction of sp³-hybridized carbons (Fsp3) is 0. The number of nitrogens with one attached hydrogen (secondary N) is 2. The molecule has 0 radical (unpaired) electrons. The lowest BCUT2D eigenvalue weighted by Gasteiger charge is -2.02. The molecule has 3 aromatic rings. The van der Waals surface area contributed by atoms with Crippen LogP contribution in [0.15, 0.2) is 63.2 Å². The number of carbonyl (C=O) groups is 1. The lowest BCUT2D eigenvalue weighted by atomic mass is 10.2. The molecule has 0 aliphatic rings. The van der Waals surface area contributed by atoms with Crippen LogP contribution in [0.2, 0.25) is 0 Å². The van der Waals surface area contributed by atoms with Crippen molar-refractivity contribution in [2.45, 2.75) is 0 Å². The van der Waals surface area contributed by atoms with E-state index < -0.39 is 22.2 Å². The maximum atomic E-state index is 12.1. The van der Waals surface area contributed by atoms with Crippen molar-refractivity contribution >= 4 is 22.5 Å². The monoisotopic (exact) mass is 309 g/mol. The summed E-state index contributed by atoms with van der Waals surface area (Å²) in [6.07, 6.45) is 0. The Labute approximate surface area is 129 Å². The van der Waals surface area contributed by atoms with Crippen LogP contribution in [0.5, 0.6) is 5.75 Å². The van der Waals surface area contributed by atoms with Gasteiger partial charge >= 0.3 is 6.03 Å². The molecule has 3 aromatic carbocycles. The second-order valence-electron chi connectivity index (χ2n) is 4.78. The normalized spacial score (nSPS) is 11.6. The van der Waals surface area contributed by atoms with Gasteiger partial charge in [-0.25, -0.2) is 10.2 Å². The first-order valence-corrected chi connectivity index (χ1v) is 6.68. The summed E-state index contributed by atoms with van der Waals surface area (Å²) in [6.45, 7) is 0. The van der Waals surface area contributed by atoms with Crippen LogP contribution < -0.4 is 27.0 Å². The summed E-state index contributed by atoms with van der Waals surface area (Å²) in [5.41, 5.74) is 1.43. The van der Waals surface area contributed by atoms with Gasteiger partial charge in [0.1, 0.15) is 5.75 Å².